The van der Waals surface area contributed by atoms with Crippen LogP contribution in [0.5, 0.6) is 0 Å². The molecule has 0 amide bonds. The first kappa shape index (κ1) is 31.9. The van der Waals surface area contributed by atoms with Crippen molar-refractivity contribution in [2.24, 2.45) is 0 Å². The smallest absolute Gasteiger partial charge is 0.164 e. The predicted molar refractivity (Wildman–Crippen MR) is 236 cm³/mol. The number of fused-ring (bicyclic) bond motifs is 9. The standard InChI is InChI=1S/C51H30N4OS/c1-3-12-31(13-4-1)49-52-50(54-51(53-49)34-24-27-41-40-17-8-10-21-46(40)57-47(41)30-34)33-23-26-39-42-19-11-18-36(48(42)56-45(39)29-33)32-22-25-38-37-16-7-9-20-43(37)55(44(38)28-32)35-14-5-2-6-15-35/h1-30H. The van der Waals surface area contributed by atoms with Gasteiger partial charge in [0.2, 0.25) is 0 Å². The number of hydrogen-bond acceptors (Lipinski definition) is 5. The Bertz CT molecular complexity index is 3530. The van der Waals surface area contributed by atoms with Crippen LogP contribution >= 0.6 is 11.3 Å². The van der Waals surface area contributed by atoms with Crippen molar-refractivity contribution < 1.29 is 4.42 Å². The second-order valence-electron chi connectivity index (χ2n) is 14.4. The molecule has 0 radical (unpaired) electrons. The highest BCUT2D eigenvalue weighted by Crippen LogP contribution is 2.41. The van der Waals surface area contributed by atoms with Crippen molar-refractivity contribution in [3.63, 3.8) is 0 Å². The molecule has 266 valence electrons. The second kappa shape index (κ2) is 12.6. The number of rotatable bonds is 5. The quantitative estimate of drug-likeness (QED) is 0.176. The number of hydrogen-bond donors (Lipinski definition) is 0. The molecule has 8 aromatic carbocycles. The van der Waals surface area contributed by atoms with Crippen LogP contribution in [0.1, 0.15) is 0 Å². The van der Waals surface area contributed by atoms with Gasteiger partial charge in [-0.1, -0.05) is 133 Å². The first-order valence-electron chi connectivity index (χ1n) is 19.0. The predicted octanol–water partition coefficient (Wildman–Crippen LogP) is 13.9. The molecule has 12 rings (SSSR count). The van der Waals surface area contributed by atoms with Gasteiger partial charge in [0.05, 0.1) is 11.0 Å². The molecule has 0 aliphatic rings. The van der Waals surface area contributed by atoms with E-state index in [0.717, 1.165) is 61.0 Å². The monoisotopic (exact) mass is 746 g/mol. The van der Waals surface area contributed by atoms with Crippen molar-refractivity contribution in [1.29, 1.82) is 0 Å². The molecule has 0 unspecified atom stereocenters. The highest BCUT2D eigenvalue weighted by atomic mass is 32.1. The van der Waals surface area contributed by atoms with Crippen molar-refractivity contribution in [2.75, 3.05) is 0 Å². The Hall–Kier alpha value is -7.41. The molecule has 4 heterocycles. The minimum atomic E-state index is 0.595. The molecule has 0 spiro atoms. The van der Waals surface area contributed by atoms with Gasteiger partial charge in [0.25, 0.3) is 0 Å². The zero-order chi connectivity index (χ0) is 37.5. The summed E-state index contributed by atoms with van der Waals surface area (Å²) in [5.41, 5.74) is 9.99. The molecule has 0 aliphatic carbocycles. The Morgan fingerprint density at radius 3 is 1.81 bits per heavy atom. The van der Waals surface area contributed by atoms with Gasteiger partial charge in [-0.25, -0.2) is 15.0 Å². The SMILES string of the molecule is c1ccc(-c2nc(-c3ccc4c(c3)oc3c(-c5ccc6c7ccccc7n(-c7ccccc7)c6c5)cccc34)nc(-c3ccc4c(c3)sc3ccccc34)n2)cc1. The van der Waals surface area contributed by atoms with E-state index in [1.807, 2.05) is 30.3 Å². The maximum Gasteiger partial charge on any atom is 0.164 e. The third-order valence-electron chi connectivity index (χ3n) is 11.1. The van der Waals surface area contributed by atoms with Crippen molar-refractivity contribution >= 4 is 75.3 Å². The van der Waals surface area contributed by atoms with Crippen LogP contribution < -0.4 is 0 Å². The van der Waals surface area contributed by atoms with E-state index < -0.39 is 0 Å². The van der Waals surface area contributed by atoms with Crippen molar-refractivity contribution in [3.8, 4) is 51.0 Å². The minimum absolute atomic E-state index is 0.595. The summed E-state index contributed by atoms with van der Waals surface area (Å²) in [6.07, 6.45) is 0. The van der Waals surface area contributed by atoms with Crippen LogP contribution in [-0.4, -0.2) is 19.5 Å². The fraction of sp³-hybridized carbons (Fsp3) is 0. The van der Waals surface area contributed by atoms with Gasteiger partial charge < -0.3 is 8.98 Å². The Morgan fingerprint density at radius 2 is 0.982 bits per heavy atom. The number of para-hydroxylation sites is 3. The summed E-state index contributed by atoms with van der Waals surface area (Å²) in [5.74, 6) is 1.85. The van der Waals surface area contributed by atoms with Gasteiger partial charge in [-0.3, -0.25) is 0 Å². The maximum atomic E-state index is 6.82. The number of nitrogens with zero attached hydrogens (tertiary/aromatic N) is 4. The van der Waals surface area contributed by atoms with Gasteiger partial charge in [0, 0.05) is 69.7 Å². The van der Waals surface area contributed by atoms with Crippen molar-refractivity contribution in [2.45, 2.75) is 0 Å². The summed E-state index contributed by atoms with van der Waals surface area (Å²) in [6, 6.07) is 63.8. The van der Waals surface area contributed by atoms with Gasteiger partial charge in [0.15, 0.2) is 17.5 Å². The Morgan fingerprint density at radius 1 is 0.386 bits per heavy atom. The maximum absolute atomic E-state index is 6.82. The molecular weight excluding hydrogens is 717 g/mol. The van der Waals surface area contributed by atoms with Crippen molar-refractivity contribution in [3.05, 3.63) is 182 Å². The number of aromatic nitrogens is 4. The van der Waals surface area contributed by atoms with E-state index in [4.69, 9.17) is 19.4 Å². The van der Waals surface area contributed by atoms with E-state index in [9.17, 15) is 0 Å². The van der Waals surface area contributed by atoms with E-state index in [0.29, 0.717) is 17.5 Å². The molecule has 0 aliphatic heterocycles. The van der Waals surface area contributed by atoms with E-state index in [1.54, 1.807) is 11.3 Å². The molecule has 4 aromatic heterocycles. The first-order chi connectivity index (χ1) is 28.2. The summed E-state index contributed by atoms with van der Waals surface area (Å²) < 4.78 is 11.6. The Labute approximate surface area is 330 Å². The summed E-state index contributed by atoms with van der Waals surface area (Å²) in [6.45, 7) is 0. The third kappa shape index (κ3) is 5.12. The summed E-state index contributed by atoms with van der Waals surface area (Å²) in [5, 5.41) is 7.07. The minimum Gasteiger partial charge on any atom is -0.455 e. The molecule has 0 N–H and O–H groups in total. The lowest BCUT2D eigenvalue weighted by atomic mass is 10.0. The largest absolute Gasteiger partial charge is 0.455 e. The fourth-order valence-electron chi connectivity index (χ4n) is 8.37. The molecule has 57 heavy (non-hydrogen) atoms. The van der Waals surface area contributed by atoms with Gasteiger partial charge in [-0.05, 0) is 54.1 Å². The lowest BCUT2D eigenvalue weighted by Crippen LogP contribution is -2.00. The van der Waals surface area contributed by atoms with E-state index in [1.165, 1.54) is 36.5 Å². The zero-order valence-corrected chi connectivity index (χ0v) is 31.2. The third-order valence-corrected chi connectivity index (χ3v) is 12.2. The van der Waals surface area contributed by atoms with Gasteiger partial charge in [0.1, 0.15) is 11.2 Å². The fourth-order valence-corrected chi connectivity index (χ4v) is 9.52. The van der Waals surface area contributed by atoms with E-state index in [2.05, 4.69) is 156 Å². The van der Waals surface area contributed by atoms with Crippen molar-refractivity contribution in [1.82, 2.24) is 19.5 Å². The topological polar surface area (TPSA) is 56.7 Å². The summed E-state index contributed by atoms with van der Waals surface area (Å²) >= 11 is 1.79. The molecule has 0 fully saturated rings. The molecule has 0 atom stereocenters. The average Bonchev–Trinajstić information content (AvgIpc) is 3.95. The Kier molecular flexibility index (Phi) is 7.03. The molecule has 12 aromatic rings. The van der Waals surface area contributed by atoms with Crippen LogP contribution in [0.3, 0.4) is 0 Å². The molecule has 0 saturated carbocycles. The first-order valence-corrected chi connectivity index (χ1v) is 19.8. The van der Waals surface area contributed by atoms with Crippen LogP contribution in [0.15, 0.2) is 186 Å². The second-order valence-corrected chi connectivity index (χ2v) is 15.5. The summed E-state index contributed by atoms with van der Waals surface area (Å²) in [4.78, 5) is 15.2. The van der Waals surface area contributed by atoms with Crippen LogP contribution in [-0.2, 0) is 0 Å². The highest BCUT2D eigenvalue weighted by Gasteiger charge is 2.19. The van der Waals surface area contributed by atoms with E-state index >= 15 is 0 Å². The highest BCUT2D eigenvalue weighted by molar-refractivity contribution is 7.25. The Balaban J connectivity index is 1.00. The van der Waals surface area contributed by atoms with Crippen LogP contribution in [0.2, 0.25) is 0 Å². The van der Waals surface area contributed by atoms with Gasteiger partial charge >= 0.3 is 0 Å². The normalized spacial score (nSPS) is 11.9. The van der Waals surface area contributed by atoms with Gasteiger partial charge in [-0.15, -0.1) is 11.3 Å². The molecule has 5 nitrogen and oxygen atoms in total. The lowest BCUT2D eigenvalue weighted by Gasteiger charge is -2.09. The van der Waals surface area contributed by atoms with Crippen LogP contribution in [0, 0.1) is 0 Å². The molecular formula is C51H30N4OS. The number of benzene rings is 8. The average molecular weight is 747 g/mol. The number of furan rings is 1. The summed E-state index contributed by atoms with van der Waals surface area (Å²) in [7, 11) is 0. The molecule has 0 saturated heterocycles. The van der Waals surface area contributed by atoms with Gasteiger partial charge in [-0.2, -0.15) is 0 Å². The van der Waals surface area contributed by atoms with Crippen LogP contribution in [0.4, 0.5) is 0 Å². The van der Waals surface area contributed by atoms with Crippen LogP contribution in [0.25, 0.3) is 115 Å². The zero-order valence-electron chi connectivity index (χ0n) is 30.4. The molecule has 0 bridgehead atoms. The van der Waals surface area contributed by atoms with E-state index in [-0.39, 0.29) is 0 Å². The number of thiophene rings is 1. The lowest BCUT2D eigenvalue weighted by molar-refractivity contribution is 0.670. The molecule has 6 heteroatoms.